The molecule has 0 spiro atoms. The molecular weight excluding hydrogens is 343 g/mol. The van der Waals surface area contributed by atoms with E-state index in [1.807, 2.05) is 0 Å². The third kappa shape index (κ3) is 4.18. The van der Waals surface area contributed by atoms with E-state index in [1.54, 1.807) is 24.3 Å². The van der Waals surface area contributed by atoms with Crippen molar-refractivity contribution >= 4 is 17.4 Å². The lowest BCUT2D eigenvalue weighted by molar-refractivity contribution is 0.102. The second kappa shape index (κ2) is 7.69. The predicted octanol–water partition coefficient (Wildman–Crippen LogP) is 4.36. The number of hydrogen-bond donors (Lipinski definition) is 2. The number of rotatable bonds is 5. The molecular formula is C19H14F3N3O. The molecule has 3 rings (SSSR count). The second-order valence-corrected chi connectivity index (χ2v) is 5.46. The molecule has 3 aromatic rings. The zero-order valence-electron chi connectivity index (χ0n) is 13.5. The summed E-state index contributed by atoms with van der Waals surface area (Å²) in [6.07, 6.45) is 1.31. The van der Waals surface area contributed by atoms with Gasteiger partial charge in [0.05, 0.1) is 11.3 Å². The molecule has 7 heteroatoms. The Labute approximate surface area is 147 Å². The summed E-state index contributed by atoms with van der Waals surface area (Å²) in [6.45, 7) is 0.242. The molecule has 26 heavy (non-hydrogen) atoms. The number of halogens is 3. The molecule has 1 heterocycles. The molecule has 2 N–H and O–H groups in total. The van der Waals surface area contributed by atoms with Crippen LogP contribution in [0.5, 0.6) is 0 Å². The van der Waals surface area contributed by atoms with Gasteiger partial charge in [-0.1, -0.05) is 18.2 Å². The van der Waals surface area contributed by atoms with E-state index in [-0.39, 0.29) is 23.6 Å². The highest BCUT2D eigenvalue weighted by Gasteiger charge is 2.11. The molecule has 0 saturated carbocycles. The summed E-state index contributed by atoms with van der Waals surface area (Å²) in [4.78, 5) is 16.2. The minimum Gasteiger partial charge on any atom is -0.366 e. The minimum atomic E-state index is -0.866. The quantitative estimate of drug-likeness (QED) is 0.713. The van der Waals surface area contributed by atoms with E-state index in [0.29, 0.717) is 17.4 Å². The van der Waals surface area contributed by atoms with Crippen molar-refractivity contribution in [3.63, 3.8) is 0 Å². The van der Waals surface area contributed by atoms with Gasteiger partial charge in [-0.3, -0.25) is 4.79 Å². The monoisotopic (exact) mass is 357 g/mol. The lowest BCUT2D eigenvalue weighted by atomic mass is 10.2. The summed E-state index contributed by atoms with van der Waals surface area (Å²) in [7, 11) is 0. The number of nitrogens with zero attached hydrogens (tertiary/aromatic N) is 1. The SMILES string of the molecule is O=C(Nc1ccc(F)cc1F)c1ccc(NCc2ccccc2F)nc1. The molecule has 0 bridgehead atoms. The molecule has 0 atom stereocenters. The average molecular weight is 357 g/mol. The Morgan fingerprint density at radius 1 is 0.962 bits per heavy atom. The highest BCUT2D eigenvalue weighted by atomic mass is 19.1. The number of amides is 1. The molecule has 132 valence electrons. The van der Waals surface area contributed by atoms with Crippen molar-refractivity contribution < 1.29 is 18.0 Å². The first-order valence-corrected chi connectivity index (χ1v) is 7.72. The Morgan fingerprint density at radius 2 is 1.77 bits per heavy atom. The number of carbonyl (C=O) groups excluding carboxylic acids is 1. The van der Waals surface area contributed by atoms with Crippen LogP contribution in [-0.2, 0) is 6.54 Å². The van der Waals surface area contributed by atoms with Gasteiger partial charge in [0, 0.05) is 24.4 Å². The topological polar surface area (TPSA) is 54.0 Å². The predicted molar refractivity (Wildman–Crippen MR) is 92.3 cm³/mol. The van der Waals surface area contributed by atoms with Crippen LogP contribution in [0.25, 0.3) is 0 Å². The number of anilines is 2. The van der Waals surface area contributed by atoms with Crippen LogP contribution >= 0.6 is 0 Å². The van der Waals surface area contributed by atoms with Crippen molar-refractivity contribution in [3.05, 3.63) is 89.4 Å². The summed E-state index contributed by atoms with van der Waals surface area (Å²) in [5, 5.41) is 5.30. The highest BCUT2D eigenvalue weighted by molar-refractivity contribution is 6.04. The summed E-state index contributed by atoms with van der Waals surface area (Å²) >= 11 is 0. The van der Waals surface area contributed by atoms with Gasteiger partial charge in [0.1, 0.15) is 23.3 Å². The van der Waals surface area contributed by atoms with Crippen molar-refractivity contribution in [2.75, 3.05) is 10.6 Å². The Balaban J connectivity index is 1.63. The fourth-order valence-electron chi connectivity index (χ4n) is 2.25. The van der Waals surface area contributed by atoms with E-state index < -0.39 is 17.5 Å². The van der Waals surface area contributed by atoms with Crippen molar-refractivity contribution in [1.29, 1.82) is 0 Å². The lowest BCUT2D eigenvalue weighted by Gasteiger charge is -2.08. The molecule has 0 aliphatic carbocycles. The third-order valence-electron chi connectivity index (χ3n) is 3.62. The molecule has 1 amide bonds. The van der Waals surface area contributed by atoms with Gasteiger partial charge in [-0.2, -0.15) is 0 Å². The van der Waals surface area contributed by atoms with Crippen molar-refractivity contribution in [1.82, 2.24) is 4.98 Å². The maximum atomic E-state index is 13.6. The molecule has 0 fully saturated rings. The molecule has 2 aromatic carbocycles. The van der Waals surface area contributed by atoms with Gasteiger partial charge >= 0.3 is 0 Å². The van der Waals surface area contributed by atoms with Gasteiger partial charge in [0.15, 0.2) is 0 Å². The largest absolute Gasteiger partial charge is 0.366 e. The lowest BCUT2D eigenvalue weighted by Crippen LogP contribution is -2.13. The number of carbonyl (C=O) groups is 1. The number of benzene rings is 2. The fraction of sp³-hybridized carbons (Fsp3) is 0.0526. The van der Waals surface area contributed by atoms with Crippen LogP contribution in [-0.4, -0.2) is 10.9 Å². The zero-order chi connectivity index (χ0) is 18.5. The molecule has 0 saturated heterocycles. The van der Waals surface area contributed by atoms with Crippen LogP contribution < -0.4 is 10.6 Å². The minimum absolute atomic E-state index is 0.127. The average Bonchev–Trinajstić information content (AvgIpc) is 2.64. The van der Waals surface area contributed by atoms with E-state index in [9.17, 15) is 18.0 Å². The van der Waals surface area contributed by atoms with Crippen LogP contribution in [0.4, 0.5) is 24.7 Å². The van der Waals surface area contributed by atoms with Crippen LogP contribution in [0.3, 0.4) is 0 Å². The van der Waals surface area contributed by atoms with Crippen molar-refractivity contribution in [3.8, 4) is 0 Å². The number of hydrogen-bond acceptors (Lipinski definition) is 3. The first-order valence-electron chi connectivity index (χ1n) is 7.72. The van der Waals surface area contributed by atoms with Gasteiger partial charge in [0.2, 0.25) is 0 Å². The number of nitrogens with one attached hydrogen (secondary N) is 2. The second-order valence-electron chi connectivity index (χ2n) is 5.46. The highest BCUT2D eigenvalue weighted by Crippen LogP contribution is 2.16. The zero-order valence-corrected chi connectivity index (χ0v) is 13.5. The molecule has 4 nitrogen and oxygen atoms in total. The van der Waals surface area contributed by atoms with Crippen molar-refractivity contribution in [2.45, 2.75) is 6.54 Å². The summed E-state index contributed by atoms with van der Waals surface area (Å²) < 4.78 is 40.0. The fourth-order valence-corrected chi connectivity index (χ4v) is 2.25. The Bertz CT molecular complexity index is 930. The van der Waals surface area contributed by atoms with Crippen molar-refractivity contribution in [2.24, 2.45) is 0 Å². The standard InChI is InChI=1S/C19H14F3N3O/c20-14-6-7-17(16(22)9-14)25-19(26)13-5-8-18(24-11-13)23-10-12-3-1-2-4-15(12)21/h1-9,11H,10H2,(H,23,24)(H,25,26). The van der Waals surface area contributed by atoms with E-state index in [4.69, 9.17) is 0 Å². The van der Waals surface area contributed by atoms with E-state index in [2.05, 4.69) is 15.6 Å². The molecule has 0 radical (unpaired) electrons. The summed E-state index contributed by atoms with van der Waals surface area (Å²) in [5.74, 6) is -2.04. The van der Waals surface area contributed by atoms with Gasteiger partial charge in [-0.15, -0.1) is 0 Å². The maximum absolute atomic E-state index is 13.6. The third-order valence-corrected chi connectivity index (χ3v) is 3.62. The number of aromatic nitrogens is 1. The Kier molecular flexibility index (Phi) is 5.17. The first kappa shape index (κ1) is 17.5. The van der Waals surface area contributed by atoms with Crippen LogP contribution in [0.2, 0.25) is 0 Å². The Morgan fingerprint density at radius 3 is 2.46 bits per heavy atom. The van der Waals surface area contributed by atoms with E-state index >= 15 is 0 Å². The number of pyridine rings is 1. The van der Waals surface area contributed by atoms with Gasteiger partial charge in [0.25, 0.3) is 5.91 Å². The first-order chi connectivity index (χ1) is 12.5. The van der Waals surface area contributed by atoms with Crippen LogP contribution in [0.15, 0.2) is 60.8 Å². The maximum Gasteiger partial charge on any atom is 0.257 e. The van der Waals surface area contributed by atoms with Gasteiger partial charge < -0.3 is 10.6 Å². The molecule has 0 unspecified atom stereocenters. The molecule has 1 aromatic heterocycles. The summed E-state index contributed by atoms with van der Waals surface area (Å²) in [6, 6.07) is 12.3. The van der Waals surface area contributed by atoms with Gasteiger partial charge in [-0.25, -0.2) is 18.2 Å². The van der Waals surface area contributed by atoms with Crippen LogP contribution in [0.1, 0.15) is 15.9 Å². The smallest absolute Gasteiger partial charge is 0.257 e. The Hall–Kier alpha value is -3.35. The normalized spacial score (nSPS) is 10.4. The van der Waals surface area contributed by atoms with Crippen LogP contribution in [0, 0.1) is 17.5 Å². The molecule has 0 aliphatic rings. The van der Waals surface area contributed by atoms with E-state index in [1.165, 1.54) is 18.3 Å². The van der Waals surface area contributed by atoms with E-state index in [0.717, 1.165) is 12.1 Å². The van der Waals surface area contributed by atoms with Gasteiger partial charge in [-0.05, 0) is 30.3 Å². The molecule has 0 aliphatic heterocycles. The summed E-state index contributed by atoms with van der Waals surface area (Å²) in [5.41, 5.74) is 0.561.